The minimum Gasteiger partial charge on any atom is -0.449 e. The molecule has 1 saturated heterocycles. The van der Waals surface area contributed by atoms with E-state index < -0.39 is 19.8 Å². The monoisotopic (exact) mass is 623 g/mol. The van der Waals surface area contributed by atoms with E-state index in [0.29, 0.717) is 32.7 Å². The summed E-state index contributed by atoms with van der Waals surface area (Å²) in [5.74, 6) is 3.42. The average Bonchev–Trinajstić information content (AvgIpc) is 3.31. The van der Waals surface area contributed by atoms with E-state index >= 15 is 0 Å². The van der Waals surface area contributed by atoms with Crippen molar-refractivity contribution in [2.45, 2.75) is 65.4 Å². The maximum absolute atomic E-state index is 13.0. The Bertz CT molecular complexity index is 1590. The predicted octanol–water partition coefficient (Wildman–Crippen LogP) is 7.32. The van der Waals surface area contributed by atoms with Gasteiger partial charge in [0.15, 0.2) is 0 Å². The number of hydrogen-bond donors (Lipinski definition) is 1. The molecule has 1 aliphatic carbocycles. The molecule has 2 amide bonds. The van der Waals surface area contributed by atoms with Gasteiger partial charge in [-0.05, 0) is 73.2 Å². The molecule has 0 atom stereocenters. The molecular formula is C37H45N3O4Si. The second-order valence-corrected chi connectivity index (χ2v) is 18.7. The number of hydrogen-bond acceptors (Lipinski definition) is 5. The lowest BCUT2D eigenvalue weighted by atomic mass is 9.98. The van der Waals surface area contributed by atoms with Crippen LogP contribution < -0.4 is 10.2 Å². The fourth-order valence-corrected chi connectivity index (χ4v) is 6.39. The van der Waals surface area contributed by atoms with Crippen molar-refractivity contribution < 1.29 is 19.1 Å². The van der Waals surface area contributed by atoms with Crippen LogP contribution in [0.4, 0.5) is 15.3 Å². The molecule has 1 fully saturated rings. The van der Waals surface area contributed by atoms with Crippen molar-refractivity contribution in [3.05, 3.63) is 88.5 Å². The number of nitrogens with one attached hydrogen (secondary N) is 1. The van der Waals surface area contributed by atoms with Crippen LogP contribution >= 0.6 is 0 Å². The Kier molecular flexibility index (Phi) is 9.31. The molecular weight excluding hydrogens is 579 g/mol. The highest BCUT2D eigenvalue weighted by molar-refractivity contribution is 6.83. The molecule has 1 aliphatic heterocycles. The van der Waals surface area contributed by atoms with E-state index in [1.807, 2.05) is 45.0 Å². The minimum atomic E-state index is -1.60. The van der Waals surface area contributed by atoms with Gasteiger partial charge in [-0.2, -0.15) is 0 Å². The molecule has 0 spiro atoms. The molecule has 1 N–H and O–H groups in total. The van der Waals surface area contributed by atoms with Gasteiger partial charge in [0.1, 0.15) is 20.3 Å². The third-order valence-electron chi connectivity index (χ3n) is 8.11. The number of carbonyl (C=O) groups excluding carboxylic acids is 2. The first-order chi connectivity index (χ1) is 21.3. The molecule has 45 heavy (non-hydrogen) atoms. The quantitative estimate of drug-likeness (QED) is 0.238. The van der Waals surface area contributed by atoms with Crippen molar-refractivity contribution in [3.63, 3.8) is 0 Å². The lowest BCUT2D eigenvalue weighted by Crippen LogP contribution is -2.50. The summed E-state index contributed by atoms with van der Waals surface area (Å²) in [5.41, 5.74) is 11.8. The van der Waals surface area contributed by atoms with Gasteiger partial charge in [0, 0.05) is 49.9 Å². The van der Waals surface area contributed by atoms with Gasteiger partial charge in [-0.1, -0.05) is 74.1 Å². The molecule has 3 aromatic rings. The maximum Gasteiger partial charge on any atom is 0.410 e. The second kappa shape index (κ2) is 13.0. The molecule has 0 aromatic heterocycles. The van der Waals surface area contributed by atoms with Crippen LogP contribution in [0, 0.1) is 18.4 Å². The first-order valence-corrected chi connectivity index (χ1v) is 19.3. The summed E-state index contributed by atoms with van der Waals surface area (Å²) in [6.45, 7) is 17.5. The number of nitrogens with zero attached hydrogens (tertiary/aromatic N) is 2. The number of rotatable bonds is 5. The Morgan fingerprint density at radius 3 is 2.11 bits per heavy atom. The zero-order valence-corrected chi connectivity index (χ0v) is 28.6. The molecule has 2 aliphatic rings. The summed E-state index contributed by atoms with van der Waals surface area (Å²) in [4.78, 5) is 29.7. The number of carbonyl (C=O) groups is 2. The van der Waals surface area contributed by atoms with E-state index in [2.05, 4.69) is 84.6 Å². The largest absolute Gasteiger partial charge is 0.449 e. The highest BCUT2D eigenvalue weighted by Gasteiger charge is 2.30. The third-order valence-corrected chi connectivity index (χ3v) is 8.98. The SMILES string of the molecule is Cc1c(CNC(=O)OCC2c3ccccc3-c3ccccc32)cc(C#C[Si](C)(C)C)cc1N1CCN(C(=O)OC(C)(C)C)CC1. The van der Waals surface area contributed by atoms with Crippen LogP contribution in [0.15, 0.2) is 60.7 Å². The molecule has 7 nitrogen and oxygen atoms in total. The Labute approximate surface area is 268 Å². The van der Waals surface area contributed by atoms with Gasteiger partial charge in [0.25, 0.3) is 0 Å². The zero-order chi connectivity index (χ0) is 32.4. The van der Waals surface area contributed by atoms with Crippen LogP contribution in [-0.2, 0) is 16.0 Å². The summed E-state index contributed by atoms with van der Waals surface area (Å²) in [6.07, 6.45) is -0.719. The van der Waals surface area contributed by atoms with E-state index in [4.69, 9.17) is 9.47 Å². The van der Waals surface area contributed by atoms with E-state index in [-0.39, 0.29) is 18.6 Å². The molecule has 5 rings (SSSR count). The topological polar surface area (TPSA) is 71.1 Å². The fourth-order valence-electron chi connectivity index (χ4n) is 5.87. The van der Waals surface area contributed by atoms with E-state index in [1.165, 1.54) is 22.3 Å². The summed E-state index contributed by atoms with van der Waals surface area (Å²) in [7, 11) is -1.60. The Morgan fingerprint density at radius 1 is 0.933 bits per heavy atom. The van der Waals surface area contributed by atoms with Crippen LogP contribution in [0.1, 0.15) is 54.5 Å². The van der Waals surface area contributed by atoms with E-state index in [0.717, 1.165) is 22.4 Å². The first-order valence-electron chi connectivity index (χ1n) is 15.8. The van der Waals surface area contributed by atoms with Crippen LogP contribution in [0.3, 0.4) is 0 Å². The van der Waals surface area contributed by atoms with Crippen LogP contribution in [0.25, 0.3) is 11.1 Å². The second-order valence-electron chi connectivity index (χ2n) is 13.9. The van der Waals surface area contributed by atoms with Gasteiger partial charge in [-0.15, -0.1) is 5.54 Å². The number of benzene rings is 3. The van der Waals surface area contributed by atoms with Gasteiger partial charge < -0.3 is 24.6 Å². The van der Waals surface area contributed by atoms with Gasteiger partial charge in [-0.3, -0.25) is 0 Å². The summed E-state index contributed by atoms with van der Waals surface area (Å²) < 4.78 is 11.4. The molecule has 0 radical (unpaired) electrons. The van der Waals surface area contributed by atoms with Crippen molar-refractivity contribution in [2.75, 3.05) is 37.7 Å². The lowest BCUT2D eigenvalue weighted by molar-refractivity contribution is 0.0240. The van der Waals surface area contributed by atoms with Gasteiger partial charge in [0.2, 0.25) is 0 Å². The predicted molar refractivity (Wildman–Crippen MR) is 183 cm³/mol. The van der Waals surface area contributed by atoms with Crippen molar-refractivity contribution >= 4 is 25.9 Å². The van der Waals surface area contributed by atoms with Crippen molar-refractivity contribution in [2.24, 2.45) is 0 Å². The van der Waals surface area contributed by atoms with Crippen LogP contribution in [-0.4, -0.2) is 63.5 Å². The smallest absolute Gasteiger partial charge is 0.410 e. The van der Waals surface area contributed by atoms with E-state index in [9.17, 15) is 9.59 Å². The average molecular weight is 624 g/mol. The normalized spacial score (nSPS) is 14.6. The highest BCUT2D eigenvalue weighted by atomic mass is 28.3. The fraction of sp³-hybridized carbons (Fsp3) is 0.405. The Hall–Kier alpha value is -4.22. The molecule has 0 saturated carbocycles. The van der Waals surface area contributed by atoms with Crippen LogP contribution in [0.2, 0.25) is 19.6 Å². The van der Waals surface area contributed by atoms with Crippen molar-refractivity contribution in [3.8, 4) is 22.6 Å². The summed E-state index contributed by atoms with van der Waals surface area (Å²) >= 11 is 0. The van der Waals surface area contributed by atoms with Crippen LogP contribution in [0.5, 0.6) is 0 Å². The number of alkyl carbamates (subject to hydrolysis) is 1. The van der Waals surface area contributed by atoms with Crippen molar-refractivity contribution in [1.29, 1.82) is 0 Å². The molecule has 8 heteroatoms. The van der Waals surface area contributed by atoms with Crippen molar-refractivity contribution in [1.82, 2.24) is 10.2 Å². The maximum atomic E-state index is 13.0. The number of amides is 2. The third kappa shape index (κ3) is 7.90. The van der Waals surface area contributed by atoms with E-state index in [1.54, 1.807) is 4.90 Å². The molecule has 236 valence electrons. The minimum absolute atomic E-state index is 0.0102. The van der Waals surface area contributed by atoms with Gasteiger partial charge in [-0.25, -0.2) is 9.59 Å². The molecule has 3 aromatic carbocycles. The standard InChI is InChI=1S/C37H45N3O4Si/c1-26-28(24-38-35(41)43-25-33-31-14-10-8-12-29(31)30-13-9-11-15-32(30)33)22-27(16-21-45(5,6)7)23-34(26)39-17-19-40(20-18-39)36(42)44-37(2,3)4/h8-15,22-23,33H,17-20,24-25H2,1-7H3,(H,38,41). The highest BCUT2D eigenvalue weighted by Crippen LogP contribution is 2.44. The Balaban J connectivity index is 1.28. The summed E-state index contributed by atoms with van der Waals surface area (Å²) in [6, 6.07) is 20.9. The number of ether oxygens (including phenoxy) is 2. The van der Waals surface area contributed by atoms with Gasteiger partial charge >= 0.3 is 12.2 Å². The number of fused-ring (bicyclic) bond motifs is 3. The zero-order valence-electron chi connectivity index (χ0n) is 27.6. The first kappa shape index (κ1) is 32.2. The molecule has 1 heterocycles. The lowest BCUT2D eigenvalue weighted by Gasteiger charge is -2.37. The number of anilines is 1. The number of piperazine rings is 1. The van der Waals surface area contributed by atoms with Gasteiger partial charge in [0.05, 0.1) is 0 Å². The summed E-state index contributed by atoms with van der Waals surface area (Å²) in [5, 5.41) is 3.00. The molecule has 0 bridgehead atoms. The Morgan fingerprint density at radius 2 is 1.53 bits per heavy atom. The molecule has 0 unspecified atom stereocenters.